The summed E-state index contributed by atoms with van der Waals surface area (Å²) in [6, 6.07) is 6.59. The van der Waals surface area contributed by atoms with E-state index in [0.717, 1.165) is 18.8 Å². The normalized spacial score (nSPS) is 18.8. The van der Waals surface area contributed by atoms with Crippen molar-refractivity contribution in [3.8, 4) is 0 Å². The summed E-state index contributed by atoms with van der Waals surface area (Å²) in [5.41, 5.74) is 3.88. The number of benzene rings is 1. The number of aliphatic hydroxyl groups excluding tert-OH is 1. The third kappa shape index (κ3) is 4.33. The van der Waals surface area contributed by atoms with Crippen molar-refractivity contribution < 1.29 is 5.11 Å². The Morgan fingerprint density at radius 2 is 1.78 bits per heavy atom. The fraction of sp³-hybridized carbons (Fsp3) is 0.625. The van der Waals surface area contributed by atoms with E-state index in [2.05, 4.69) is 43.8 Å². The molecule has 1 nitrogen and oxygen atoms in total. The molecule has 1 aliphatic rings. The lowest BCUT2D eigenvalue weighted by molar-refractivity contribution is 0.139. The number of hydrogen-bond acceptors (Lipinski definition) is 2. The Labute approximate surface area is 115 Å². The summed E-state index contributed by atoms with van der Waals surface area (Å²) in [5.74, 6) is 3.30. The van der Waals surface area contributed by atoms with Crippen LogP contribution >= 0.6 is 11.8 Å². The van der Waals surface area contributed by atoms with Gasteiger partial charge in [0.2, 0.25) is 0 Å². The zero-order chi connectivity index (χ0) is 13.0. The van der Waals surface area contributed by atoms with Crippen molar-refractivity contribution in [2.75, 3.05) is 11.5 Å². The Morgan fingerprint density at radius 1 is 1.17 bits per heavy atom. The van der Waals surface area contributed by atoms with Crippen molar-refractivity contribution in [3.05, 3.63) is 34.9 Å². The topological polar surface area (TPSA) is 20.2 Å². The molecule has 0 radical (unpaired) electrons. The molecule has 1 saturated heterocycles. The zero-order valence-electron chi connectivity index (χ0n) is 11.5. The number of aryl methyl sites for hydroxylation is 2. The Kier molecular flexibility index (Phi) is 5.13. The summed E-state index contributed by atoms with van der Waals surface area (Å²) in [4.78, 5) is 0. The molecule has 1 unspecified atom stereocenters. The highest BCUT2D eigenvalue weighted by Crippen LogP contribution is 2.27. The second kappa shape index (κ2) is 6.63. The molecular weight excluding hydrogens is 240 g/mol. The summed E-state index contributed by atoms with van der Waals surface area (Å²) in [5, 5.41) is 10.2. The van der Waals surface area contributed by atoms with Gasteiger partial charge in [-0.2, -0.15) is 11.8 Å². The lowest BCUT2D eigenvalue weighted by atomic mass is 9.92. The summed E-state index contributed by atoms with van der Waals surface area (Å²) < 4.78 is 0. The molecule has 0 saturated carbocycles. The summed E-state index contributed by atoms with van der Waals surface area (Å²) in [7, 11) is 0. The van der Waals surface area contributed by atoms with Gasteiger partial charge in [0.15, 0.2) is 0 Å². The molecule has 1 heterocycles. The van der Waals surface area contributed by atoms with Gasteiger partial charge in [-0.15, -0.1) is 0 Å². The van der Waals surface area contributed by atoms with E-state index in [0.29, 0.717) is 0 Å². The van der Waals surface area contributed by atoms with E-state index in [1.165, 1.54) is 41.0 Å². The van der Waals surface area contributed by atoms with E-state index in [9.17, 15) is 5.11 Å². The van der Waals surface area contributed by atoms with Crippen LogP contribution in [0, 0.1) is 19.8 Å². The van der Waals surface area contributed by atoms with Crippen LogP contribution in [0.15, 0.2) is 18.2 Å². The van der Waals surface area contributed by atoms with Crippen LogP contribution in [0.4, 0.5) is 0 Å². The van der Waals surface area contributed by atoms with E-state index in [1.807, 2.05) is 0 Å². The van der Waals surface area contributed by atoms with E-state index in [-0.39, 0.29) is 6.10 Å². The van der Waals surface area contributed by atoms with Gasteiger partial charge in [0.25, 0.3) is 0 Å². The fourth-order valence-corrected chi connectivity index (χ4v) is 4.11. The third-order valence-electron chi connectivity index (χ3n) is 3.70. The van der Waals surface area contributed by atoms with Crippen molar-refractivity contribution in [1.29, 1.82) is 0 Å². The SMILES string of the molecule is Cc1cc(C)cc(CC(O)CC2CCSCC2)c1. The minimum atomic E-state index is -0.167. The summed E-state index contributed by atoms with van der Waals surface area (Å²) >= 11 is 2.05. The van der Waals surface area contributed by atoms with E-state index < -0.39 is 0 Å². The quantitative estimate of drug-likeness (QED) is 0.894. The minimum absolute atomic E-state index is 0.167. The van der Waals surface area contributed by atoms with E-state index >= 15 is 0 Å². The average molecular weight is 264 g/mol. The summed E-state index contributed by atoms with van der Waals surface area (Å²) in [6.45, 7) is 4.25. The highest BCUT2D eigenvalue weighted by molar-refractivity contribution is 7.99. The molecule has 2 rings (SSSR count). The van der Waals surface area contributed by atoms with Crippen LogP contribution in [0.3, 0.4) is 0 Å². The zero-order valence-corrected chi connectivity index (χ0v) is 12.3. The van der Waals surface area contributed by atoms with Crippen LogP contribution in [0.2, 0.25) is 0 Å². The molecule has 18 heavy (non-hydrogen) atoms. The molecular formula is C16H24OS. The molecule has 1 atom stereocenters. The molecule has 1 fully saturated rings. The second-order valence-electron chi connectivity index (χ2n) is 5.65. The van der Waals surface area contributed by atoms with Crippen molar-refractivity contribution in [2.24, 2.45) is 5.92 Å². The fourth-order valence-electron chi connectivity index (χ4n) is 2.91. The minimum Gasteiger partial charge on any atom is -0.393 e. The molecule has 0 aromatic heterocycles. The van der Waals surface area contributed by atoms with Gasteiger partial charge in [0, 0.05) is 0 Å². The van der Waals surface area contributed by atoms with Crippen LogP contribution < -0.4 is 0 Å². The smallest absolute Gasteiger partial charge is 0.0583 e. The molecule has 1 N–H and O–H groups in total. The van der Waals surface area contributed by atoms with Crippen molar-refractivity contribution in [2.45, 2.75) is 45.6 Å². The van der Waals surface area contributed by atoms with Crippen LogP contribution in [-0.4, -0.2) is 22.7 Å². The standard InChI is InChI=1S/C16H24OS/c1-12-7-13(2)9-15(8-12)11-16(17)10-14-3-5-18-6-4-14/h7-9,14,16-17H,3-6,10-11H2,1-2H3. The number of aliphatic hydroxyl groups is 1. The van der Waals surface area contributed by atoms with Crippen LogP contribution in [-0.2, 0) is 6.42 Å². The number of hydrogen-bond donors (Lipinski definition) is 1. The Morgan fingerprint density at radius 3 is 2.39 bits per heavy atom. The number of rotatable bonds is 4. The molecule has 1 aromatic carbocycles. The predicted molar refractivity (Wildman–Crippen MR) is 80.3 cm³/mol. The number of thioether (sulfide) groups is 1. The van der Waals surface area contributed by atoms with Crippen LogP contribution in [0.5, 0.6) is 0 Å². The van der Waals surface area contributed by atoms with E-state index in [4.69, 9.17) is 0 Å². The Bertz CT molecular complexity index is 362. The van der Waals surface area contributed by atoms with Crippen molar-refractivity contribution >= 4 is 11.8 Å². The molecule has 100 valence electrons. The van der Waals surface area contributed by atoms with Gasteiger partial charge < -0.3 is 5.11 Å². The van der Waals surface area contributed by atoms with Gasteiger partial charge in [-0.05, 0) is 62.5 Å². The van der Waals surface area contributed by atoms with E-state index in [1.54, 1.807) is 0 Å². The first-order valence-corrected chi connectivity index (χ1v) is 8.12. The first-order valence-electron chi connectivity index (χ1n) is 6.96. The highest BCUT2D eigenvalue weighted by Gasteiger charge is 2.18. The van der Waals surface area contributed by atoms with Gasteiger partial charge >= 0.3 is 0 Å². The van der Waals surface area contributed by atoms with Gasteiger partial charge in [0.1, 0.15) is 0 Å². The summed E-state index contributed by atoms with van der Waals surface area (Å²) in [6.07, 6.45) is 4.20. The second-order valence-corrected chi connectivity index (χ2v) is 6.87. The Balaban J connectivity index is 1.87. The van der Waals surface area contributed by atoms with Gasteiger partial charge in [-0.25, -0.2) is 0 Å². The van der Waals surface area contributed by atoms with Crippen LogP contribution in [0.25, 0.3) is 0 Å². The van der Waals surface area contributed by atoms with Crippen LogP contribution in [0.1, 0.15) is 36.0 Å². The molecule has 0 spiro atoms. The maximum absolute atomic E-state index is 10.2. The van der Waals surface area contributed by atoms with Gasteiger partial charge in [0.05, 0.1) is 6.10 Å². The first kappa shape index (κ1) is 14.0. The third-order valence-corrected chi connectivity index (χ3v) is 4.75. The highest BCUT2D eigenvalue weighted by atomic mass is 32.2. The molecule has 1 aromatic rings. The van der Waals surface area contributed by atoms with Crippen molar-refractivity contribution in [1.82, 2.24) is 0 Å². The lowest BCUT2D eigenvalue weighted by Gasteiger charge is -2.24. The Hall–Kier alpha value is -0.470. The predicted octanol–water partition coefficient (Wildman–Crippen LogP) is 3.74. The van der Waals surface area contributed by atoms with Gasteiger partial charge in [-0.1, -0.05) is 29.3 Å². The lowest BCUT2D eigenvalue weighted by Crippen LogP contribution is -2.19. The van der Waals surface area contributed by atoms with Gasteiger partial charge in [-0.3, -0.25) is 0 Å². The first-order chi connectivity index (χ1) is 8.63. The molecule has 2 heteroatoms. The molecule has 0 aliphatic carbocycles. The maximum Gasteiger partial charge on any atom is 0.0583 e. The van der Waals surface area contributed by atoms with Crippen molar-refractivity contribution in [3.63, 3.8) is 0 Å². The molecule has 0 bridgehead atoms. The maximum atomic E-state index is 10.2. The molecule has 0 amide bonds. The molecule has 1 aliphatic heterocycles. The largest absolute Gasteiger partial charge is 0.393 e. The monoisotopic (exact) mass is 264 g/mol. The average Bonchev–Trinajstić information content (AvgIpc) is 2.28.